The molecule has 0 bridgehead atoms. The molecule has 1 saturated heterocycles. The number of benzene rings is 1. The van der Waals surface area contributed by atoms with Gasteiger partial charge in [0.25, 0.3) is 0 Å². The molecule has 0 spiro atoms. The van der Waals surface area contributed by atoms with Crippen LogP contribution in [0.4, 0.5) is 17.3 Å². The van der Waals surface area contributed by atoms with E-state index in [1.807, 2.05) is 18.2 Å². The van der Waals surface area contributed by atoms with E-state index in [0.717, 1.165) is 36.2 Å². The van der Waals surface area contributed by atoms with Crippen molar-refractivity contribution in [1.82, 2.24) is 9.97 Å². The molecule has 1 atom stereocenters. The molecule has 23 heavy (non-hydrogen) atoms. The van der Waals surface area contributed by atoms with Crippen LogP contribution >= 0.6 is 11.6 Å². The van der Waals surface area contributed by atoms with E-state index in [1.54, 1.807) is 19.5 Å². The summed E-state index contributed by atoms with van der Waals surface area (Å²) in [6.45, 7) is 4.36. The molecule has 122 valence electrons. The Hall–Kier alpha value is -2.01. The standard InChI is InChI=1S/C17H21ClN4O/c1-12-4-3-7-22(10-12)17-9-16(19-11-20-17)21-14-8-13(18)5-6-15(14)23-2/h5-6,8-9,11-12H,3-4,7,10H2,1-2H3,(H,19,20,21). The van der Waals surface area contributed by atoms with Crippen LogP contribution in [0.5, 0.6) is 5.75 Å². The summed E-state index contributed by atoms with van der Waals surface area (Å²) in [6.07, 6.45) is 4.08. The number of rotatable bonds is 4. The van der Waals surface area contributed by atoms with Crippen molar-refractivity contribution in [2.75, 3.05) is 30.4 Å². The van der Waals surface area contributed by atoms with Crippen molar-refractivity contribution in [3.05, 3.63) is 35.6 Å². The van der Waals surface area contributed by atoms with E-state index in [4.69, 9.17) is 16.3 Å². The highest BCUT2D eigenvalue weighted by atomic mass is 35.5. The molecule has 6 heteroatoms. The van der Waals surface area contributed by atoms with Gasteiger partial charge in [0.1, 0.15) is 23.7 Å². The van der Waals surface area contributed by atoms with Crippen molar-refractivity contribution in [3.63, 3.8) is 0 Å². The quantitative estimate of drug-likeness (QED) is 0.912. The summed E-state index contributed by atoms with van der Waals surface area (Å²) in [6, 6.07) is 7.43. The number of halogens is 1. The van der Waals surface area contributed by atoms with E-state index in [2.05, 4.69) is 27.1 Å². The second kappa shape index (κ2) is 7.04. The number of hydrogen-bond donors (Lipinski definition) is 1. The van der Waals surface area contributed by atoms with Crippen molar-refractivity contribution >= 4 is 28.9 Å². The molecule has 0 aliphatic carbocycles. The fraction of sp³-hybridized carbons (Fsp3) is 0.412. The molecule has 1 fully saturated rings. The summed E-state index contributed by atoms with van der Waals surface area (Å²) in [5.41, 5.74) is 0.789. The minimum atomic E-state index is 0.646. The first-order valence-corrected chi connectivity index (χ1v) is 8.21. The fourth-order valence-corrected chi connectivity index (χ4v) is 3.07. The van der Waals surface area contributed by atoms with Gasteiger partial charge >= 0.3 is 0 Å². The van der Waals surface area contributed by atoms with Gasteiger partial charge in [0.05, 0.1) is 12.8 Å². The summed E-state index contributed by atoms with van der Waals surface area (Å²) in [7, 11) is 1.63. The highest BCUT2D eigenvalue weighted by Gasteiger charge is 2.18. The van der Waals surface area contributed by atoms with E-state index in [9.17, 15) is 0 Å². The molecular weight excluding hydrogens is 312 g/mol. The summed E-state index contributed by atoms with van der Waals surface area (Å²) in [5, 5.41) is 3.91. The number of nitrogens with one attached hydrogen (secondary N) is 1. The van der Waals surface area contributed by atoms with Gasteiger partial charge in [-0.05, 0) is 37.0 Å². The van der Waals surface area contributed by atoms with Crippen LogP contribution in [0.2, 0.25) is 5.02 Å². The second-order valence-electron chi connectivity index (χ2n) is 5.92. The van der Waals surface area contributed by atoms with Crippen LogP contribution in [-0.2, 0) is 0 Å². The highest BCUT2D eigenvalue weighted by molar-refractivity contribution is 6.31. The number of anilines is 3. The van der Waals surface area contributed by atoms with Gasteiger partial charge in [-0.15, -0.1) is 0 Å². The average molecular weight is 333 g/mol. The van der Waals surface area contributed by atoms with Crippen LogP contribution in [0.15, 0.2) is 30.6 Å². The van der Waals surface area contributed by atoms with Crippen LogP contribution in [-0.4, -0.2) is 30.2 Å². The van der Waals surface area contributed by atoms with E-state index in [1.165, 1.54) is 12.8 Å². The van der Waals surface area contributed by atoms with Gasteiger partial charge in [0.2, 0.25) is 0 Å². The highest BCUT2D eigenvalue weighted by Crippen LogP contribution is 2.31. The molecular formula is C17H21ClN4O. The summed E-state index contributed by atoms with van der Waals surface area (Å²) >= 11 is 6.07. The Kier molecular flexibility index (Phi) is 4.86. The lowest BCUT2D eigenvalue weighted by Gasteiger charge is -2.31. The predicted octanol–water partition coefficient (Wildman–Crippen LogP) is 4.12. The zero-order valence-electron chi connectivity index (χ0n) is 13.4. The van der Waals surface area contributed by atoms with Crippen molar-refractivity contribution < 1.29 is 4.74 Å². The monoisotopic (exact) mass is 332 g/mol. The maximum Gasteiger partial charge on any atom is 0.142 e. The maximum absolute atomic E-state index is 6.07. The van der Waals surface area contributed by atoms with Crippen molar-refractivity contribution in [2.24, 2.45) is 5.92 Å². The van der Waals surface area contributed by atoms with Gasteiger partial charge in [-0.2, -0.15) is 0 Å². The van der Waals surface area contributed by atoms with Crippen molar-refractivity contribution in [2.45, 2.75) is 19.8 Å². The van der Waals surface area contributed by atoms with Crippen molar-refractivity contribution in [3.8, 4) is 5.75 Å². The Balaban J connectivity index is 1.81. The average Bonchev–Trinajstić information content (AvgIpc) is 2.55. The minimum absolute atomic E-state index is 0.646. The molecule has 1 aliphatic rings. The normalized spacial score (nSPS) is 17.9. The lowest BCUT2D eigenvalue weighted by molar-refractivity contribution is 0.417. The Morgan fingerprint density at radius 2 is 2.17 bits per heavy atom. The smallest absolute Gasteiger partial charge is 0.142 e. The minimum Gasteiger partial charge on any atom is -0.495 e. The number of methoxy groups -OCH3 is 1. The molecule has 5 nitrogen and oxygen atoms in total. The number of nitrogens with zero attached hydrogens (tertiary/aromatic N) is 3. The van der Waals surface area contributed by atoms with E-state index < -0.39 is 0 Å². The molecule has 1 unspecified atom stereocenters. The molecule has 2 heterocycles. The van der Waals surface area contributed by atoms with Crippen molar-refractivity contribution in [1.29, 1.82) is 0 Å². The zero-order chi connectivity index (χ0) is 16.2. The number of ether oxygens (including phenoxy) is 1. The van der Waals surface area contributed by atoms with Gasteiger partial charge in [-0.25, -0.2) is 9.97 Å². The van der Waals surface area contributed by atoms with Gasteiger partial charge in [0.15, 0.2) is 0 Å². The molecule has 2 aromatic rings. The SMILES string of the molecule is COc1ccc(Cl)cc1Nc1cc(N2CCCC(C)C2)ncn1. The van der Waals surface area contributed by atoms with Gasteiger partial charge < -0.3 is 15.0 Å². The predicted molar refractivity (Wildman–Crippen MR) is 93.9 cm³/mol. The third-order valence-corrected chi connectivity index (χ3v) is 4.29. The molecule has 1 aliphatic heterocycles. The number of piperidine rings is 1. The van der Waals surface area contributed by atoms with Gasteiger partial charge in [-0.1, -0.05) is 18.5 Å². The van der Waals surface area contributed by atoms with E-state index >= 15 is 0 Å². The lowest BCUT2D eigenvalue weighted by Crippen LogP contribution is -2.34. The Morgan fingerprint density at radius 1 is 1.30 bits per heavy atom. The number of aromatic nitrogens is 2. The third-order valence-electron chi connectivity index (χ3n) is 4.06. The molecule has 3 rings (SSSR count). The molecule has 1 aromatic heterocycles. The van der Waals surface area contributed by atoms with E-state index in [-0.39, 0.29) is 0 Å². The molecule has 0 saturated carbocycles. The Morgan fingerprint density at radius 3 is 2.96 bits per heavy atom. The van der Waals surface area contributed by atoms with Crippen LogP contribution in [0.3, 0.4) is 0 Å². The molecule has 0 amide bonds. The Labute approximate surface area is 141 Å². The van der Waals surface area contributed by atoms with Crippen LogP contribution in [0.1, 0.15) is 19.8 Å². The third kappa shape index (κ3) is 3.85. The van der Waals surface area contributed by atoms with Crippen LogP contribution in [0.25, 0.3) is 0 Å². The first-order valence-electron chi connectivity index (χ1n) is 7.83. The fourth-order valence-electron chi connectivity index (χ4n) is 2.90. The maximum atomic E-state index is 6.07. The molecule has 0 radical (unpaired) electrons. The first kappa shape index (κ1) is 15.9. The summed E-state index contributed by atoms with van der Waals surface area (Å²) < 4.78 is 5.36. The summed E-state index contributed by atoms with van der Waals surface area (Å²) in [5.74, 6) is 3.10. The van der Waals surface area contributed by atoms with Gasteiger partial charge in [-0.3, -0.25) is 0 Å². The Bertz CT molecular complexity index is 679. The van der Waals surface area contributed by atoms with Crippen LogP contribution in [0, 0.1) is 5.92 Å². The molecule has 1 aromatic carbocycles. The summed E-state index contributed by atoms with van der Waals surface area (Å²) in [4.78, 5) is 11.0. The number of hydrogen-bond acceptors (Lipinski definition) is 5. The topological polar surface area (TPSA) is 50.3 Å². The van der Waals surface area contributed by atoms with E-state index in [0.29, 0.717) is 10.9 Å². The van der Waals surface area contributed by atoms with Gasteiger partial charge in [0, 0.05) is 24.2 Å². The molecule has 1 N–H and O–H groups in total. The van der Waals surface area contributed by atoms with Crippen LogP contribution < -0.4 is 15.0 Å². The first-order chi connectivity index (χ1) is 11.2. The zero-order valence-corrected chi connectivity index (χ0v) is 14.2. The lowest BCUT2D eigenvalue weighted by atomic mass is 10.0. The second-order valence-corrected chi connectivity index (χ2v) is 6.36. The largest absolute Gasteiger partial charge is 0.495 e.